The Hall–Kier alpha value is -3.81. The molecule has 0 atom stereocenters. The van der Waals surface area contributed by atoms with Crippen LogP contribution in [0, 0.1) is 0 Å². The van der Waals surface area contributed by atoms with Crippen LogP contribution in [0.15, 0.2) is 40.9 Å². The number of hydrogen-bond acceptors (Lipinski definition) is 7. The van der Waals surface area contributed by atoms with E-state index in [1.54, 1.807) is 44.2 Å². The predicted molar refractivity (Wildman–Crippen MR) is 123 cm³/mol. The van der Waals surface area contributed by atoms with Crippen LogP contribution in [0.2, 0.25) is 0 Å². The van der Waals surface area contributed by atoms with E-state index in [9.17, 15) is 19.8 Å². The van der Waals surface area contributed by atoms with Crippen molar-refractivity contribution in [3.63, 3.8) is 0 Å². The predicted octanol–water partition coefficient (Wildman–Crippen LogP) is 4.40. The molecule has 0 aliphatic carbocycles. The lowest BCUT2D eigenvalue weighted by Crippen LogP contribution is -2.23. The van der Waals surface area contributed by atoms with Crippen molar-refractivity contribution < 1.29 is 29.1 Å². The van der Waals surface area contributed by atoms with E-state index in [4.69, 9.17) is 9.26 Å². The van der Waals surface area contributed by atoms with Crippen molar-refractivity contribution in [3.05, 3.63) is 53.2 Å². The van der Waals surface area contributed by atoms with Gasteiger partial charge >= 0.3 is 5.97 Å². The van der Waals surface area contributed by atoms with Gasteiger partial charge in [-0.15, -0.1) is 0 Å². The van der Waals surface area contributed by atoms with E-state index < -0.39 is 5.91 Å². The smallest absolute Gasteiger partial charge is 0.310 e. The minimum Gasteiger partial charge on any atom is -0.508 e. The van der Waals surface area contributed by atoms with Crippen LogP contribution in [0.4, 0.5) is 0 Å². The molecule has 0 spiro atoms. The molecule has 0 saturated heterocycles. The van der Waals surface area contributed by atoms with Gasteiger partial charge in [0.1, 0.15) is 11.5 Å². The SMILES string of the molecule is CCNC(=O)c1noc(-c2cc(C(C)C)c(O)cc2O)c1-c1ccc(CC(=O)OCC)cc1. The molecule has 0 fully saturated rings. The van der Waals surface area contributed by atoms with E-state index in [2.05, 4.69) is 10.5 Å². The first-order valence-electron chi connectivity index (χ1n) is 10.9. The number of nitrogens with one attached hydrogen (secondary N) is 1. The second-order valence-corrected chi connectivity index (χ2v) is 7.86. The fraction of sp³-hybridized carbons (Fsp3) is 0.320. The van der Waals surface area contributed by atoms with Gasteiger partial charge in [0, 0.05) is 12.6 Å². The average molecular weight is 453 g/mol. The molecule has 0 unspecified atom stereocenters. The largest absolute Gasteiger partial charge is 0.508 e. The lowest BCUT2D eigenvalue weighted by molar-refractivity contribution is -0.142. The first-order valence-corrected chi connectivity index (χ1v) is 10.9. The number of hydrogen-bond donors (Lipinski definition) is 3. The Labute approximate surface area is 192 Å². The van der Waals surface area contributed by atoms with Crippen LogP contribution in [0.3, 0.4) is 0 Å². The number of carbonyl (C=O) groups excluding carboxylic acids is 2. The highest BCUT2D eigenvalue weighted by Crippen LogP contribution is 2.43. The Balaban J connectivity index is 2.13. The molecule has 8 nitrogen and oxygen atoms in total. The van der Waals surface area contributed by atoms with Gasteiger partial charge < -0.3 is 24.8 Å². The molecule has 2 aromatic carbocycles. The van der Waals surface area contributed by atoms with Crippen molar-refractivity contribution in [2.45, 2.75) is 40.0 Å². The molecule has 8 heteroatoms. The number of benzene rings is 2. The van der Waals surface area contributed by atoms with Gasteiger partial charge in [0.05, 0.1) is 24.2 Å². The van der Waals surface area contributed by atoms with Crippen molar-refractivity contribution in [3.8, 4) is 33.9 Å². The fourth-order valence-electron chi connectivity index (χ4n) is 3.55. The molecule has 174 valence electrons. The summed E-state index contributed by atoms with van der Waals surface area (Å²) in [5, 5.41) is 27.5. The van der Waals surface area contributed by atoms with Gasteiger partial charge in [-0.2, -0.15) is 0 Å². The lowest BCUT2D eigenvalue weighted by Gasteiger charge is -2.12. The van der Waals surface area contributed by atoms with Gasteiger partial charge in [-0.05, 0) is 42.5 Å². The molecular formula is C25H28N2O6. The number of phenolic OH excluding ortho intramolecular Hbond substituents is 2. The summed E-state index contributed by atoms with van der Waals surface area (Å²) in [5.41, 5.74) is 2.78. The fourth-order valence-corrected chi connectivity index (χ4v) is 3.55. The van der Waals surface area contributed by atoms with Crippen LogP contribution in [0.5, 0.6) is 11.5 Å². The molecule has 33 heavy (non-hydrogen) atoms. The number of rotatable bonds is 8. The summed E-state index contributed by atoms with van der Waals surface area (Å²) in [4.78, 5) is 24.5. The third kappa shape index (κ3) is 5.16. The Morgan fingerprint density at radius 1 is 1.09 bits per heavy atom. The summed E-state index contributed by atoms with van der Waals surface area (Å²) >= 11 is 0. The third-order valence-electron chi connectivity index (χ3n) is 5.15. The monoisotopic (exact) mass is 452 g/mol. The Bertz CT molecular complexity index is 1150. The van der Waals surface area contributed by atoms with Crippen LogP contribution < -0.4 is 5.32 Å². The van der Waals surface area contributed by atoms with Crippen molar-refractivity contribution >= 4 is 11.9 Å². The minimum absolute atomic E-state index is 0.0132. The molecule has 3 rings (SSSR count). The zero-order valence-corrected chi connectivity index (χ0v) is 19.1. The molecular weight excluding hydrogens is 424 g/mol. The Kier molecular flexibility index (Phi) is 7.37. The van der Waals surface area contributed by atoms with Gasteiger partial charge in [-0.25, -0.2) is 0 Å². The highest BCUT2D eigenvalue weighted by atomic mass is 16.5. The molecule has 0 bridgehead atoms. The van der Waals surface area contributed by atoms with Crippen molar-refractivity contribution in [2.24, 2.45) is 0 Å². The zero-order valence-electron chi connectivity index (χ0n) is 19.1. The third-order valence-corrected chi connectivity index (χ3v) is 5.15. The van der Waals surface area contributed by atoms with Gasteiger partial charge in [-0.3, -0.25) is 9.59 Å². The maximum Gasteiger partial charge on any atom is 0.310 e. The first kappa shape index (κ1) is 23.8. The van der Waals surface area contributed by atoms with Crippen molar-refractivity contribution in [1.29, 1.82) is 0 Å². The molecule has 3 N–H and O–H groups in total. The highest BCUT2D eigenvalue weighted by Gasteiger charge is 2.27. The molecule has 0 aliphatic heterocycles. The lowest BCUT2D eigenvalue weighted by atomic mass is 9.93. The maximum absolute atomic E-state index is 12.7. The number of carbonyl (C=O) groups is 2. The topological polar surface area (TPSA) is 122 Å². The van der Waals surface area contributed by atoms with E-state index >= 15 is 0 Å². The van der Waals surface area contributed by atoms with Crippen LogP contribution in [-0.2, 0) is 16.0 Å². The number of esters is 1. The van der Waals surface area contributed by atoms with E-state index in [1.165, 1.54) is 6.07 Å². The van der Waals surface area contributed by atoms with Crippen molar-refractivity contribution in [1.82, 2.24) is 10.5 Å². The molecule has 1 amide bonds. The summed E-state index contributed by atoms with van der Waals surface area (Å²) in [7, 11) is 0. The number of aromatic nitrogens is 1. The summed E-state index contributed by atoms with van der Waals surface area (Å²) in [6.45, 7) is 8.09. The molecule has 0 saturated carbocycles. The van der Waals surface area contributed by atoms with Gasteiger partial charge in [0.15, 0.2) is 11.5 Å². The van der Waals surface area contributed by atoms with Gasteiger partial charge in [0.2, 0.25) is 0 Å². The van der Waals surface area contributed by atoms with E-state index in [1.807, 2.05) is 13.8 Å². The summed E-state index contributed by atoms with van der Waals surface area (Å²) in [5.74, 6) is -0.778. The Morgan fingerprint density at radius 3 is 2.39 bits per heavy atom. The molecule has 0 radical (unpaired) electrons. The van der Waals surface area contributed by atoms with E-state index in [0.29, 0.717) is 35.4 Å². The zero-order chi connectivity index (χ0) is 24.1. The molecule has 1 aromatic heterocycles. The molecule has 0 aliphatic rings. The summed E-state index contributed by atoms with van der Waals surface area (Å²) in [6.07, 6.45) is 0.129. The highest BCUT2D eigenvalue weighted by molar-refractivity contribution is 6.02. The minimum atomic E-state index is -0.416. The second kappa shape index (κ2) is 10.2. The number of ether oxygens (including phenoxy) is 1. The number of amides is 1. The maximum atomic E-state index is 12.7. The summed E-state index contributed by atoms with van der Waals surface area (Å²) in [6, 6.07) is 9.94. The van der Waals surface area contributed by atoms with Crippen LogP contribution in [0.1, 0.15) is 55.2 Å². The first-order chi connectivity index (χ1) is 15.8. The quantitative estimate of drug-likeness (QED) is 0.433. The Morgan fingerprint density at radius 2 is 1.79 bits per heavy atom. The number of phenols is 2. The normalized spacial score (nSPS) is 10.9. The van der Waals surface area contributed by atoms with Gasteiger partial charge in [0.25, 0.3) is 5.91 Å². The van der Waals surface area contributed by atoms with Crippen LogP contribution in [-0.4, -0.2) is 40.4 Å². The van der Waals surface area contributed by atoms with Gasteiger partial charge in [-0.1, -0.05) is 43.3 Å². The number of aromatic hydroxyl groups is 2. The molecule has 1 heterocycles. The molecule has 3 aromatic rings. The summed E-state index contributed by atoms with van der Waals surface area (Å²) < 4.78 is 10.6. The number of nitrogens with zero attached hydrogens (tertiary/aromatic N) is 1. The average Bonchev–Trinajstić information content (AvgIpc) is 3.19. The standard InChI is InChI=1S/C25H28N2O6/c1-5-26-25(31)23-22(16-9-7-15(8-10-16)11-21(30)32-6-2)24(33-27-23)18-12-17(14(3)4)19(28)13-20(18)29/h7-10,12-14,28-29H,5-6,11H2,1-4H3,(H,26,31). The van der Waals surface area contributed by atoms with Crippen LogP contribution in [0.25, 0.3) is 22.5 Å². The van der Waals surface area contributed by atoms with E-state index in [-0.39, 0.29) is 41.3 Å². The van der Waals surface area contributed by atoms with E-state index in [0.717, 1.165) is 5.56 Å². The van der Waals surface area contributed by atoms with Crippen LogP contribution >= 0.6 is 0 Å². The van der Waals surface area contributed by atoms with Crippen molar-refractivity contribution in [2.75, 3.05) is 13.2 Å². The second-order valence-electron chi connectivity index (χ2n) is 7.86.